The number of rotatable bonds is 4. The minimum Gasteiger partial charge on any atom is -0.312 e. The Morgan fingerprint density at radius 1 is 1.16 bits per heavy atom. The molecule has 1 aromatic rings. The third kappa shape index (κ3) is 2.85. The van der Waals surface area contributed by atoms with Crippen molar-refractivity contribution >= 4 is 0 Å². The molecular weight excluding hydrogens is 232 g/mol. The van der Waals surface area contributed by atoms with Crippen molar-refractivity contribution in [2.75, 3.05) is 19.6 Å². The average Bonchev–Trinajstić information content (AvgIpc) is 3.13. The molecule has 0 spiro atoms. The van der Waals surface area contributed by atoms with Gasteiger partial charge in [0, 0.05) is 6.04 Å². The van der Waals surface area contributed by atoms with Gasteiger partial charge in [-0.2, -0.15) is 0 Å². The number of nitrogens with zero attached hydrogens (tertiary/aromatic N) is 1. The van der Waals surface area contributed by atoms with E-state index < -0.39 is 0 Å². The monoisotopic (exact) mass is 258 g/mol. The van der Waals surface area contributed by atoms with Crippen LogP contribution in [0.1, 0.15) is 49.8 Å². The average molecular weight is 258 g/mol. The van der Waals surface area contributed by atoms with E-state index in [1.54, 1.807) is 0 Å². The largest absolute Gasteiger partial charge is 0.312 e. The first-order valence-electron chi connectivity index (χ1n) is 7.95. The fourth-order valence-corrected chi connectivity index (χ4v) is 3.65. The van der Waals surface area contributed by atoms with E-state index in [0.717, 1.165) is 6.42 Å². The number of hydrogen-bond acceptors (Lipinski definition) is 2. The smallest absolute Gasteiger partial charge is 0.0501 e. The van der Waals surface area contributed by atoms with E-state index in [1.165, 1.54) is 56.4 Å². The Morgan fingerprint density at radius 2 is 1.89 bits per heavy atom. The summed E-state index contributed by atoms with van der Waals surface area (Å²) in [5.74, 6) is 0. The highest BCUT2D eigenvalue weighted by Crippen LogP contribution is 2.31. The summed E-state index contributed by atoms with van der Waals surface area (Å²) < 4.78 is 0. The molecule has 1 N–H and O–H groups in total. The lowest BCUT2D eigenvalue weighted by atomic mass is 9.95. The maximum Gasteiger partial charge on any atom is 0.0501 e. The first kappa shape index (κ1) is 13.1. The molecule has 2 fully saturated rings. The highest BCUT2D eigenvalue weighted by Gasteiger charge is 2.32. The summed E-state index contributed by atoms with van der Waals surface area (Å²) in [6.45, 7) is 5.98. The van der Waals surface area contributed by atoms with Crippen molar-refractivity contribution in [1.82, 2.24) is 10.2 Å². The lowest BCUT2D eigenvalue weighted by molar-refractivity contribution is 0.202. The zero-order valence-corrected chi connectivity index (χ0v) is 12.1. The quantitative estimate of drug-likeness (QED) is 0.892. The minimum atomic E-state index is 0.593. The van der Waals surface area contributed by atoms with E-state index in [9.17, 15) is 0 Å². The van der Waals surface area contributed by atoms with Crippen LogP contribution in [0, 0.1) is 0 Å². The summed E-state index contributed by atoms with van der Waals surface area (Å²) in [6, 6.07) is 10.6. The van der Waals surface area contributed by atoms with Crippen molar-refractivity contribution in [2.45, 2.75) is 51.1 Å². The number of benzene rings is 1. The molecule has 2 atom stereocenters. The van der Waals surface area contributed by atoms with Crippen LogP contribution in [0.15, 0.2) is 24.3 Å². The van der Waals surface area contributed by atoms with Gasteiger partial charge < -0.3 is 5.32 Å². The van der Waals surface area contributed by atoms with Crippen molar-refractivity contribution in [3.63, 3.8) is 0 Å². The summed E-state index contributed by atoms with van der Waals surface area (Å²) in [6.07, 6.45) is 6.54. The molecule has 0 saturated carbocycles. The third-order valence-corrected chi connectivity index (χ3v) is 4.74. The van der Waals surface area contributed by atoms with Crippen LogP contribution in [0.5, 0.6) is 0 Å². The van der Waals surface area contributed by atoms with Gasteiger partial charge in [-0.25, -0.2) is 0 Å². The molecule has 0 bridgehead atoms. The van der Waals surface area contributed by atoms with Crippen LogP contribution in [0.2, 0.25) is 0 Å². The first-order chi connectivity index (χ1) is 9.38. The van der Waals surface area contributed by atoms with E-state index in [-0.39, 0.29) is 0 Å². The number of hydrogen-bond donors (Lipinski definition) is 1. The van der Waals surface area contributed by atoms with Crippen LogP contribution in [-0.4, -0.2) is 30.6 Å². The van der Waals surface area contributed by atoms with Gasteiger partial charge in [-0.15, -0.1) is 0 Å². The van der Waals surface area contributed by atoms with Crippen molar-refractivity contribution in [2.24, 2.45) is 0 Å². The standard InChI is InChI=1S/C17H26N2/c1-2-14-7-9-15(10-8-14)17(16-6-5-11-18-16)19-12-3-4-13-19/h7-10,16-18H,2-6,11-13H2,1H3. The highest BCUT2D eigenvalue weighted by atomic mass is 15.2. The Bertz CT molecular complexity index is 370. The van der Waals surface area contributed by atoms with Gasteiger partial charge in [-0.1, -0.05) is 31.2 Å². The second kappa shape index (κ2) is 6.06. The molecule has 2 heteroatoms. The van der Waals surface area contributed by atoms with Crippen LogP contribution in [0.3, 0.4) is 0 Å². The molecule has 2 aliphatic rings. The minimum absolute atomic E-state index is 0.593. The van der Waals surface area contributed by atoms with Crippen LogP contribution >= 0.6 is 0 Å². The normalized spacial score (nSPS) is 25.8. The number of aryl methyl sites for hydroxylation is 1. The van der Waals surface area contributed by atoms with E-state index >= 15 is 0 Å². The molecule has 3 rings (SSSR count). The molecule has 19 heavy (non-hydrogen) atoms. The molecule has 0 radical (unpaired) electrons. The summed E-state index contributed by atoms with van der Waals surface area (Å²) in [7, 11) is 0. The van der Waals surface area contributed by atoms with Gasteiger partial charge in [0.15, 0.2) is 0 Å². The molecule has 2 unspecified atom stereocenters. The summed E-state index contributed by atoms with van der Waals surface area (Å²) >= 11 is 0. The van der Waals surface area contributed by atoms with E-state index in [2.05, 4.69) is 41.4 Å². The van der Waals surface area contributed by atoms with Gasteiger partial charge in [0.2, 0.25) is 0 Å². The Kier molecular flexibility index (Phi) is 4.19. The molecule has 0 amide bonds. The Hall–Kier alpha value is -0.860. The fourth-order valence-electron chi connectivity index (χ4n) is 3.65. The summed E-state index contributed by atoms with van der Waals surface area (Å²) in [4.78, 5) is 2.70. The van der Waals surface area contributed by atoms with Gasteiger partial charge in [-0.05, 0) is 62.9 Å². The van der Waals surface area contributed by atoms with Crippen molar-refractivity contribution < 1.29 is 0 Å². The predicted octanol–water partition coefficient (Wildman–Crippen LogP) is 3.14. The van der Waals surface area contributed by atoms with Crippen molar-refractivity contribution in [3.05, 3.63) is 35.4 Å². The maximum atomic E-state index is 3.72. The zero-order valence-electron chi connectivity index (χ0n) is 12.1. The highest BCUT2D eigenvalue weighted by molar-refractivity contribution is 5.26. The van der Waals surface area contributed by atoms with Gasteiger partial charge in [0.05, 0.1) is 6.04 Å². The van der Waals surface area contributed by atoms with Gasteiger partial charge >= 0.3 is 0 Å². The second-order valence-corrected chi connectivity index (χ2v) is 5.99. The van der Waals surface area contributed by atoms with Gasteiger partial charge in [-0.3, -0.25) is 4.90 Å². The maximum absolute atomic E-state index is 3.72. The second-order valence-electron chi connectivity index (χ2n) is 5.99. The summed E-state index contributed by atoms with van der Waals surface area (Å²) in [5, 5.41) is 3.72. The Morgan fingerprint density at radius 3 is 2.47 bits per heavy atom. The third-order valence-electron chi connectivity index (χ3n) is 4.74. The van der Waals surface area contributed by atoms with Crippen molar-refractivity contribution in [1.29, 1.82) is 0 Å². The molecule has 0 aromatic heterocycles. The van der Waals surface area contributed by atoms with E-state index in [4.69, 9.17) is 0 Å². The molecule has 2 nitrogen and oxygen atoms in total. The lowest BCUT2D eigenvalue weighted by Crippen LogP contribution is -2.39. The molecule has 1 aromatic carbocycles. The molecule has 104 valence electrons. The van der Waals surface area contributed by atoms with Crippen LogP contribution in [-0.2, 0) is 6.42 Å². The van der Waals surface area contributed by atoms with Crippen LogP contribution < -0.4 is 5.32 Å². The Labute approximate surface area is 117 Å². The zero-order chi connectivity index (χ0) is 13.1. The molecular formula is C17H26N2. The SMILES string of the molecule is CCc1ccc(C(C2CCCN2)N2CCCC2)cc1. The van der Waals surface area contributed by atoms with E-state index in [0.29, 0.717) is 12.1 Å². The van der Waals surface area contributed by atoms with Gasteiger partial charge in [0.25, 0.3) is 0 Å². The first-order valence-corrected chi connectivity index (χ1v) is 7.95. The molecule has 2 aliphatic heterocycles. The molecule has 2 saturated heterocycles. The predicted molar refractivity (Wildman–Crippen MR) is 80.4 cm³/mol. The van der Waals surface area contributed by atoms with Crippen LogP contribution in [0.4, 0.5) is 0 Å². The Balaban J connectivity index is 1.83. The topological polar surface area (TPSA) is 15.3 Å². The van der Waals surface area contributed by atoms with Crippen molar-refractivity contribution in [3.8, 4) is 0 Å². The van der Waals surface area contributed by atoms with Gasteiger partial charge in [0.1, 0.15) is 0 Å². The number of likely N-dealkylation sites (tertiary alicyclic amines) is 1. The lowest BCUT2D eigenvalue weighted by Gasteiger charge is -2.33. The van der Waals surface area contributed by atoms with E-state index in [1.807, 2.05) is 0 Å². The molecule has 0 aliphatic carbocycles. The molecule has 2 heterocycles. The fraction of sp³-hybridized carbons (Fsp3) is 0.647. The number of nitrogens with one attached hydrogen (secondary N) is 1. The summed E-state index contributed by atoms with van der Waals surface area (Å²) in [5.41, 5.74) is 2.96. The van der Waals surface area contributed by atoms with Crippen LogP contribution in [0.25, 0.3) is 0 Å².